The maximum Gasteiger partial charge on any atom is 0.271 e. The highest BCUT2D eigenvalue weighted by molar-refractivity contribution is 7.95. The van der Waals surface area contributed by atoms with Gasteiger partial charge in [-0.3, -0.25) is 9.44 Å². The smallest absolute Gasteiger partial charge is 0.271 e. The van der Waals surface area contributed by atoms with E-state index in [1.165, 1.54) is 12.1 Å². The van der Waals surface area contributed by atoms with Gasteiger partial charge in [-0.1, -0.05) is 36.4 Å². The number of rotatable bonds is 6. The quantitative estimate of drug-likeness (QED) is 0.450. The lowest BCUT2D eigenvalue weighted by atomic mass is 10.1. The molecular formula is C18H14N2O4S4. The number of sulfonamides is 2. The van der Waals surface area contributed by atoms with Crippen LogP contribution in [-0.2, 0) is 20.0 Å². The maximum absolute atomic E-state index is 12.7. The molecule has 10 heteroatoms. The van der Waals surface area contributed by atoms with Gasteiger partial charge in [0.2, 0.25) is 0 Å². The van der Waals surface area contributed by atoms with Crippen LogP contribution < -0.4 is 9.44 Å². The lowest BCUT2D eigenvalue weighted by molar-refractivity contribution is 0.601. The van der Waals surface area contributed by atoms with Gasteiger partial charge in [0, 0.05) is 0 Å². The van der Waals surface area contributed by atoms with Crippen LogP contribution in [0.15, 0.2) is 79.8 Å². The molecule has 0 aliphatic carbocycles. The van der Waals surface area contributed by atoms with Gasteiger partial charge in [-0.25, -0.2) is 16.8 Å². The summed E-state index contributed by atoms with van der Waals surface area (Å²) in [5.74, 6) is 0. The molecule has 144 valence electrons. The van der Waals surface area contributed by atoms with Gasteiger partial charge in [-0.2, -0.15) is 0 Å². The van der Waals surface area contributed by atoms with Gasteiger partial charge in [-0.05, 0) is 45.8 Å². The zero-order chi connectivity index (χ0) is 19.8. The Kier molecular flexibility index (Phi) is 4.88. The molecule has 2 heterocycles. The molecule has 2 aromatic heterocycles. The van der Waals surface area contributed by atoms with Crippen LogP contribution in [0, 0.1) is 0 Å². The second-order valence-corrected chi connectivity index (χ2v) is 11.5. The number of anilines is 2. The molecule has 4 aromatic rings. The van der Waals surface area contributed by atoms with Crippen LogP contribution in [0.1, 0.15) is 0 Å². The molecule has 0 saturated carbocycles. The number of fused-ring (bicyclic) bond motifs is 1. The van der Waals surface area contributed by atoms with E-state index in [1.807, 2.05) is 24.3 Å². The number of thiophene rings is 2. The first-order chi connectivity index (χ1) is 13.4. The minimum absolute atomic E-state index is 0.146. The van der Waals surface area contributed by atoms with Crippen molar-refractivity contribution in [3.8, 4) is 0 Å². The number of hydrogen-bond donors (Lipinski definition) is 2. The van der Waals surface area contributed by atoms with E-state index in [0.29, 0.717) is 0 Å². The van der Waals surface area contributed by atoms with Crippen LogP contribution in [0.2, 0.25) is 0 Å². The predicted molar refractivity (Wildman–Crippen MR) is 114 cm³/mol. The fourth-order valence-electron chi connectivity index (χ4n) is 2.63. The molecule has 2 N–H and O–H groups in total. The lowest BCUT2D eigenvalue weighted by Crippen LogP contribution is -2.16. The van der Waals surface area contributed by atoms with Crippen LogP contribution in [0.5, 0.6) is 0 Å². The van der Waals surface area contributed by atoms with E-state index in [2.05, 4.69) is 9.44 Å². The Hall–Kier alpha value is -2.40. The number of hydrogen-bond acceptors (Lipinski definition) is 6. The van der Waals surface area contributed by atoms with E-state index in [1.54, 1.807) is 35.0 Å². The first-order valence-electron chi connectivity index (χ1n) is 8.01. The molecular weight excluding hydrogens is 436 g/mol. The minimum atomic E-state index is -3.83. The summed E-state index contributed by atoms with van der Waals surface area (Å²) in [6.45, 7) is 0. The van der Waals surface area contributed by atoms with Crippen molar-refractivity contribution in [2.24, 2.45) is 0 Å². The highest BCUT2D eigenvalue weighted by atomic mass is 32.3. The van der Waals surface area contributed by atoms with Gasteiger partial charge in [0.25, 0.3) is 20.0 Å². The Labute approximate surface area is 170 Å². The molecule has 6 nitrogen and oxygen atoms in total. The molecule has 0 atom stereocenters. The average Bonchev–Trinajstić information content (AvgIpc) is 3.36. The first kappa shape index (κ1) is 18.9. The van der Waals surface area contributed by atoms with E-state index in [4.69, 9.17) is 0 Å². The molecule has 0 aliphatic heterocycles. The summed E-state index contributed by atoms with van der Waals surface area (Å²) >= 11 is 2.16. The normalized spacial score (nSPS) is 12.1. The maximum atomic E-state index is 12.7. The molecule has 0 saturated heterocycles. The van der Waals surface area contributed by atoms with E-state index < -0.39 is 20.0 Å². The van der Waals surface area contributed by atoms with Crippen molar-refractivity contribution in [2.75, 3.05) is 9.44 Å². The fourth-order valence-corrected chi connectivity index (χ4v) is 6.76. The second-order valence-electron chi connectivity index (χ2n) is 5.82. The summed E-state index contributed by atoms with van der Waals surface area (Å²) in [4.78, 5) is 0. The van der Waals surface area contributed by atoms with Gasteiger partial charge in [0.1, 0.15) is 8.42 Å². The van der Waals surface area contributed by atoms with Crippen molar-refractivity contribution in [2.45, 2.75) is 8.42 Å². The molecule has 0 fully saturated rings. The Morgan fingerprint density at radius 1 is 0.607 bits per heavy atom. The lowest BCUT2D eigenvalue weighted by Gasteiger charge is -2.15. The molecule has 0 radical (unpaired) electrons. The van der Waals surface area contributed by atoms with Gasteiger partial charge in [-0.15, -0.1) is 22.7 Å². The van der Waals surface area contributed by atoms with Gasteiger partial charge in [0.15, 0.2) is 0 Å². The fraction of sp³-hybridized carbons (Fsp3) is 0. The number of benzene rings is 2. The summed E-state index contributed by atoms with van der Waals surface area (Å²) in [7, 11) is -7.67. The van der Waals surface area contributed by atoms with Crippen LogP contribution in [0.25, 0.3) is 10.8 Å². The molecule has 4 rings (SSSR count). The van der Waals surface area contributed by atoms with Crippen molar-refractivity contribution in [3.63, 3.8) is 0 Å². The summed E-state index contributed by atoms with van der Waals surface area (Å²) in [6, 6.07) is 16.8. The van der Waals surface area contributed by atoms with E-state index in [-0.39, 0.29) is 19.8 Å². The molecule has 0 unspecified atom stereocenters. The summed E-state index contributed by atoms with van der Waals surface area (Å²) in [6.07, 6.45) is 0. The molecule has 0 amide bonds. The van der Waals surface area contributed by atoms with Crippen LogP contribution >= 0.6 is 22.7 Å². The van der Waals surface area contributed by atoms with Crippen molar-refractivity contribution < 1.29 is 16.8 Å². The average molecular weight is 451 g/mol. The van der Waals surface area contributed by atoms with Crippen LogP contribution in [0.4, 0.5) is 11.4 Å². The SMILES string of the molecule is O=S(=O)(Nc1cc2ccccc2cc1NS(=O)(=O)c1cccs1)c1cccs1. The van der Waals surface area contributed by atoms with Crippen molar-refractivity contribution in [1.82, 2.24) is 0 Å². The molecule has 0 bridgehead atoms. The van der Waals surface area contributed by atoms with E-state index in [0.717, 1.165) is 33.4 Å². The van der Waals surface area contributed by atoms with Crippen LogP contribution in [-0.4, -0.2) is 16.8 Å². The van der Waals surface area contributed by atoms with Crippen molar-refractivity contribution in [3.05, 3.63) is 71.4 Å². The summed E-state index contributed by atoms with van der Waals surface area (Å²) < 4.78 is 56.0. The Bertz CT molecular complexity index is 1220. The Morgan fingerprint density at radius 3 is 1.39 bits per heavy atom. The number of nitrogens with one attached hydrogen (secondary N) is 2. The summed E-state index contributed by atoms with van der Waals surface area (Å²) in [5.41, 5.74) is 0.319. The minimum Gasteiger partial charge on any atom is -0.277 e. The molecule has 28 heavy (non-hydrogen) atoms. The van der Waals surface area contributed by atoms with Crippen LogP contribution in [0.3, 0.4) is 0 Å². The van der Waals surface area contributed by atoms with Gasteiger partial charge in [0.05, 0.1) is 11.4 Å². The van der Waals surface area contributed by atoms with E-state index >= 15 is 0 Å². The van der Waals surface area contributed by atoms with Crippen molar-refractivity contribution in [1.29, 1.82) is 0 Å². The summed E-state index contributed by atoms with van der Waals surface area (Å²) in [5, 5.41) is 4.89. The Balaban J connectivity index is 1.81. The van der Waals surface area contributed by atoms with E-state index in [9.17, 15) is 16.8 Å². The largest absolute Gasteiger partial charge is 0.277 e. The second kappa shape index (κ2) is 7.21. The standard InChI is InChI=1S/C18H14N2O4S4/c21-27(22,17-7-3-9-25-17)19-15-11-13-5-1-2-6-14(13)12-16(15)20-28(23,24)18-8-4-10-26-18/h1-12,19-20H. The molecule has 0 spiro atoms. The zero-order valence-corrected chi connectivity index (χ0v) is 17.5. The zero-order valence-electron chi connectivity index (χ0n) is 14.2. The predicted octanol–water partition coefficient (Wildman–Crippen LogP) is 4.56. The third kappa shape index (κ3) is 3.76. The molecule has 0 aliphatic rings. The Morgan fingerprint density at radius 2 is 1.04 bits per heavy atom. The van der Waals surface area contributed by atoms with Crippen molar-refractivity contribution >= 4 is 64.9 Å². The monoisotopic (exact) mass is 450 g/mol. The molecule has 2 aromatic carbocycles. The van der Waals surface area contributed by atoms with Gasteiger partial charge < -0.3 is 0 Å². The topological polar surface area (TPSA) is 92.3 Å². The van der Waals surface area contributed by atoms with Gasteiger partial charge >= 0.3 is 0 Å². The third-order valence-corrected chi connectivity index (χ3v) is 9.42. The highest BCUT2D eigenvalue weighted by Crippen LogP contribution is 2.33. The highest BCUT2D eigenvalue weighted by Gasteiger charge is 2.21. The third-order valence-electron chi connectivity index (χ3n) is 3.89. The first-order valence-corrected chi connectivity index (χ1v) is 12.7.